The van der Waals surface area contributed by atoms with Crippen molar-refractivity contribution in [3.63, 3.8) is 0 Å². The van der Waals surface area contributed by atoms with E-state index in [1.807, 2.05) is 29.6 Å². The van der Waals surface area contributed by atoms with Crippen LogP contribution in [0.25, 0.3) is 21.2 Å². The van der Waals surface area contributed by atoms with Crippen LogP contribution in [0.3, 0.4) is 0 Å². The zero-order valence-electron chi connectivity index (χ0n) is 9.37. The molecule has 3 aromatic rings. The van der Waals surface area contributed by atoms with E-state index in [2.05, 4.69) is 6.07 Å². The number of fused-ring (bicyclic) bond motifs is 1. The highest BCUT2D eigenvalue weighted by Crippen LogP contribution is 2.32. The highest BCUT2D eigenvalue weighted by molar-refractivity contribution is 7.17. The molecular weight excluding hydrogens is 246 g/mol. The Morgan fingerprint density at radius 1 is 1.06 bits per heavy atom. The number of nitro benzene ring substituents is 1. The molecule has 2 aromatic carbocycles. The third-order valence-corrected chi connectivity index (χ3v) is 3.75. The van der Waals surface area contributed by atoms with Gasteiger partial charge in [-0.1, -0.05) is 24.3 Å². The summed E-state index contributed by atoms with van der Waals surface area (Å²) in [6.07, 6.45) is 0. The summed E-state index contributed by atoms with van der Waals surface area (Å²) in [6, 6.07) is 14.8. The molecular formula is C14H9NO2S. The van der Waals surface area contributed by atoms with Crippen molar-refractivity contribution in [3.05, 3.63) is 64.0 Å². The molecule has 3 rings (SSSR count). The first kappa shape index (κ1) is 10.9. The summed E-state index contributed by atoms with van der Waals surface area (Å²) in [5.41, 5.74) is 2.05. The fourth-order valence-corrected chi connectivity index (χ4v) is 2.85. The molecule has 0 aliphatic heterocycles. The Hall–Kier alpha value is -2.20. The van der Waals surface area contributed by atoms with Gasteiger partial charge in [-0.2, -0.15) is 0 Å². The molecule has 18 heavy (non-hydrogen) atoms. The second-order valence-corrected chi connectivity index (χ2v) is 4.89. The van der Waals surface area contributed by atoms with Crippen LogP contribution < -0.4 is 0 Å². The van der Waals surface area contributed by atoms with Gasteiger partial charge < -0.3 is 0 Å². The van der Waals surface area contributed by atoms with Crippen LogP contribution in [-0.2, 0) is 0 Å². The van der Waals surface area contributed by atoms with Gasteiger partial charge in [0.2, 0.25) is 0 Å². The molecule has 0 atom stereocenters. The Morgan fingerprint density at radius 3 is 2.72 bits per heavy atom. The normalized spacial score (nSPS) is 10.7. The van der Waals surface area contributed by atoms with Crippen molar-refractivity contribution >= 4 is 27.1 Å². The number of non-ortho nitro benzene ring substituents is 1. The van der Waals surface area contributed by atoms with Gasteiger partial charge >= 0.3 is 0 Å². The second kappa shape index (κ2) is 4.23. The van der Waals surface area contributed by atoms with Crippen molar-refractivity contribution < 1.29 is 4.92 Å². The molecule has 0 bridgehead atoms. The van der Waals surface area contributed by atoms with Crippen LogP contribution >= 0.6 is 11.3 Å². The summed E-state index contributed by atoms with van der Waals surface area (Å²) in [5, 5.41) is 14.0. The topological polar surface area (TPSA) is 43.1 Å². The monoisotopic (exact) mass is 255 g/mol. The maximum atomic E-state index is 10.8. The lowest BCUT2D eigenvalue weighted by atomic mass is 10.0. The molecule has 1 heterocycles. The molecule has 0 saturated carbocycles. The van der Waals surface area contributed by atoms with Gasteiger partial charge in [0, 0.05) is 22.2 Å². The predicted molar refractivity (Wildman–Crippen MR) is 73.9 cm³/mol. The van der Waals surface area contributed by atoms with Crippen molar-refractivity contribution in [3.8, 4) is 11.1 Å². The van der Waals surface area contributed by atoms with E-state index >= 15 is 0 Å². The van der Waals surface area contributed by atoms with E-state index in [1.54, 1.807) is 23.5 Å². The maximum absolute atomic E-state index is 10.8. The number of hydrogen-bond donors (Lipinski definition) is 0. The molecule has 88 valence electrons. The van der Waals surface area contributed by atoms with Crippen molar-refractivity contribution in [1.29, 1.82) is 0 Å². The number of benzene rings is 2. The molecule has 0 amide bonds. The van der Waals surface area contributed by atoms with Gasteiger partial charge in [0.25, 0.3) is 5.69 Å². The Labute approximate surface area is 107 Å². The van der Waals surface area contributed by atoms with Crippen LogP contribution in [0.1, 0.15) is 0 Å². The van der Waals surface area contributed by atoms with Gasteiger partial charge in [-0.15, -0.1) is 11.3 Å². The second-order valence-electron chi connectivity index (χ2n) is 3.95. The van der Waals surface area contributed by atoms with Gasteiger partial charge in [-0.3, -0.25) is 10.1 Å². The van der Waals surface area contributed by atoms with E-state index < -0.39 is 0 Å². The Morgan fingerprint density at radius 2 is 1.89 bits per heavy atom. The van der Waals surface area contributed by atoms with Crippen LogP contribution in [0.5, 0.6) is 0 Å². The first-order chi connectivity index (χ1) is 8.75. The zero-order valence-corrected chi connectivity index (χ0v) is 10.2. The minimum Gasteiger partial charge on any atom is -0.258 e. The molecule has 1 aromatic heterocycles. The van der Waals surface area contributed by atoms with Gasteiger partial charge in [0.1, 0.15) is 0 Å². The first-order valence-corrected chi connectivity index (χ1v) is 6.35. The lowest BCUT2D eigenvalue weighted by Crippen LogP contribution is -1.88. The standard InChI is InChI=1S/C14H9NO2S/c16-15(17)11-4-1-3-10(9-11)12-5-2-6-14-13(12)7-8-18-14/h1-9H. The molecule has 0 aliphatic carbocycles. The van der Waals surface area contributed by atoms with Gasteiger partial charge in [-0.05, 0) is 28.6 Å². The van der Waals surface area contributed by atoms with E-state index in [0.717, 1.165) is 16.5 Å². The first-order valence-electron chi connectivity index (χ1n) is 5.47. The van der Waals surface area contributed by atoms with Crippen LogP contribution in [0, 0.1) is 10.1 Å². The average molecular weight is 255 g/mol. The van der Waals surface area contributed by atoms with E-state index in [0.29, 0.717) is 0 Å². The SMILES string of the molecule is O=[N+]([O-])c1cccc(-c2cccc3sccc23)c1. The molecule has 0 fully saturated rings. The lowest BCUT2D eigenvalue weighted by molar-refractivity contribution is -0.384. The van der Waals surface area contributed by atoms with Crippen LogP contribution in [0.2, 0.25) is 0 Å². The summed E-state index contributed by atoms with van der Waals surface area (Å²) in [6.45, 7) is 0. The fourth-order valence-electron chi connectivity index (χ4n) is 2.03. The number of nitrogens with zero attached hydrogens (tertiary/aromatic N) is 1. The largest absolute Gasteiger partial charge is 0.270 e. The molecule has 0 unspecified atom stereocenters. The average Bonchev–Trinajstić information content (AvgIpc) is 2.87. The smallest absolute Gasteiger partial charge is 0.258 e. The number of hydrogen-bond acceptors (Lipinski definition) is 3. The summed E-state index contributed by atoms with van der Waals surface area (Å²) in [7, 11) is 0. The Kier molecular flexibility index (Phi) is 2.57. The van der Waals surface area contributed by atoms with Crippen molar-refractivity contribution in [2.45, 2.75) is 0 Å². The zero-order chi connectivity index (χ0) is 12.5. The van der Waals surface area contributed by atoms with Crippen LogP contribution in [0.15, 0.2) is 53.9 Å². The van der Waals surface area contributed by atoms with E-state index in [4.69, 9.17) is 0 Å². The molecule has 0 radical (unpaired) electrons. The third kappa shape index (κ3) is 1.76. The minimum absolute atomic E-state index is 0.125. The highest BCUT2D eigenvalue weighted by Gasteiger charge is 2.09. The van der Waals surface area contributed by atoms with E-state index in [-0.39, 0.29) is 10.6 Å². The highest BCUT2D eigenvalue weighted by atomic mass is 32.1. The molecule has 0 spiro atoms. The van der Waals surface area contributed by atoms with Gasteiger partial charge in [0.15, 0.2) is 0 Å². The number of rotatable bonds is 2. The van der Waals surface area contributed by atoms with Crippen molar-refractivity contribution in [1.82, 2.24) is 0 Å². The van der Waals surface area contributed by atoms with E-state index in [9.17, 15) is 10.1 Å². The number of thiophene rings is 1. The quantitative estimate of drug-likeness (QED) is 0.500. The Balaban J connectivity index is 2.23. The summed E-state index contributed by atoms with van der Waals surface area (Å²) in [5.74, 6) is 0. The molecule has 0 aliphatic rings. The summed E-state index contributed by atoms with van der Waals surface area (Å²) >= 11 is 1.67. The maximum Gasteiger partial charge on any atom is 0.270 e. The summed E-state index contributed by atoms with van der Waals surface area (Å²) < 4.78 is 1.19. The molecule has 4 heteroatoms. The van der Waals surface area contributed by atoms with Gasteiger partial charge in [0.05, 0.1) is 4.92 Å². The van der Waals surface area contributed by atoms with Crippen LogP contribution in [0.4, 0.5) is 5.69 Å². The molecule has 0 saturated heterocycles. The number of nitro groups is 1. The van der Waals surface area contributed by atoms with Crippen molar-refractivity contribution in [2.24, 2.45) is 0 Å². The van der Waals surface area contributed by atoms with E-state index in [1.165, 1.54) is 10.8 Å². The predicted octanol–water partition coefficient (Wildman–Crippen LogP) is 4.48. The lowest BCUT2D eigenvalue weighted by Gasteiger charge is -2.03. The summed E-state index contributed by atoms with van der Waals surface area (Å²) in [4.78, 5) is 10.4. The van der Waals surface area contributed by atoms with Crippen molar-refractivity contribution in [2.75, 3.05) is 0 Å². The third-order valence-electron chi connectivity index (χ3n) is 2.86. The minimum atomic E-state index is -0.364. The molecule has 0 N–H and O–H groups in total. The van der Waals surface area contributed by atoms with Crippen LogP contribution in [-0.4, -0.2) is 4.92 Å². The fraction of sp³-hybridized carbons (Fsp3) is 0. The van der Waals surface area contributed by atoms with Gasteiger partial charge in [-0.25, -0.2) is 0 Å². The molecule has 3 nitrogen and oxygen atoms in total. The Bertz CT molecular complexity index is 733.